The van der Waals surface area contributed by atoms with Crippen molar-refractivity contribution in [3.63, 3.8) is 0 Å². The van der Waals surface area contributed by atoms with Crippen molar-refractivity contribution in [2.45, 2.75) is 25.7 Å². The molecule has 2 fully saturated rings. The molecule has 1 saturated carbocycles. The van der Waals surface area contributed by atoms with E-state index in [1.54, 1.807) is 17.7 Å². The number of aromatic nitrogens is 4. The molecule has 3 aromatic rings. The fraction of sp³-hybridized carbons (Fsp3) is 0.444. The highest BCUT2D eigenvalue weighted by atomic mass is 35.5. The summed E-state index contributed by atoms with van der Waals surface area (Å²) in [7, 11) is 0. The Balaban J connectivity index is 1.36. The van der Waals surface area contributed by atoms with Crippen LogP contribution in [0.2, 0.25) is 5.15 Å². The summed E-state index contributed by atoms with van der Waals surface area (Å²) in [5.41, 5.74) is 0. The summed E-state index contributed by atoms with van der Waals surface area (Å²) in [6.07, 6.45) is 4.03. The molecule has 8 heteroatoms. The molecule has 2 aliphatic rings. The Morgan fingerprint density at radius 1 is 1.04 bits per heavy atom. The van der Waals surface area contributed by atoms with Gasteiger partial charge >= 0.3 is 0 Å². The van der Waals surface area contributed by atoms with Crippen molar-refractivity contribution >= 4 is 44.8 Å². The fourth-order valence-electron chi connectivity index (χ4n) is 3.47. The maximum Gasteiger partial charge on any atom is 0.140 e. The normalized spacial score (nSPS) is 17.9. The maximum absolute atomic E-state index is 6.23. The molecule has 0 N–H and O–H groups in total. The molecule has 0 bridgehead atoms. The lowest BCUT2D eigenvalue weighted by Gasteiger charge is -2.36. The lowest BCUT2D eigenvalue weighted by Crippen LogP contribution is -2.47. The molecular weight excluding hydrogens is 368 g/mol. The van der Waals surface area contributed by atoms with Crippen LogP contribution in [0.25, 0.3) is 10.2 Å². The average molecular weight is 387 g/mol. The Labute approximate surface area is 160 Å². The molecule has 6 nitrogen and oxygen atoms in total. The molecule has 4 heterocycles. The highest BCUT2D eigenvalue weighted by Gasteiger charge is 2.28. The number of fused-ring (bicyclic) bond motifs is 1. The second-order valence-corrected chi connectivity index (χ2v) is 8.55. The number of piperazine rings is 1. The number of halogens is 1. The van der Waals surface area contributed by atoms with Gasteiger partial charge in [0.2, 0.25) is 0 Å². The highest BCUT2D eigenvalue weighted by molar-refractivity contribution is 7.18. The third kappa shape index (κ3) is 2.99. The first kappa shape index (κ1) is 16.2. The van der Waals surface area contributed by atoms with Crippen molar-refractivity contribution in [2.75, 3.05) is 36.0 Å². The van der Waals surface area contributed by atoms with Crippen LogP contribution >= 0.6 is 22.9 Å². The predicted octanol–water partition coefficient (Wildman–Crippen LogP) is 3.65. The zero-order valence-electron chi connectivity index (χ0n) is 14.5. The minimum atomic E-state index is 0.505. The van der Waals surface area contributed by atoms with E-state index < -0.39 is 0 Å². The van der Waals surface area contributed by atoms with E-state index in [2.05, 4.69) is 37.7 Å². The Hall–Kier alpha value is -1.99. The van der Waals surface area contributed by atoms with Gasteiger partial charge in [-0.2, -0.15) is 0 Å². The van der Waals surface area contributed by atoms with E-state index in [-0.39, 0.29) is 0 Å². The van der Waals surface area contributed by atoms with E-state index in [0.29, 0.717) is 11.1 Å². The largest absolute Gasteiger partial charge is 0.353 e. The molecule has 134 valence electrons. The average Bonchev–Trinajstić information content (AvgIpc) is 3.42. The van der Waals surface area contributed by atoms with E-state index in [1.807, 2.05) is 6.07 Å². The molecular formula is C18H19ClN6S. The van der Waals surface area contributed by atoms with Gasteiger partial charge in [-0.15, -0.1) is 11.3 Å². The van der Waals surface area contributed by atoms with E-state index in [1.165, 1.54) is 17.7 Å². The van der Waals surface area contributed by atoms with Crippen LogP contribution < -0.4 is 9.80 Å². The van der Waals surface area contributed by atoms with Crippen LogP contribution in [0.3, 0.4) is 0 Å². The monoisotopic (exact) mass is 386 g/mol. The molecule has 0 amide bonds. The van der Waals surface area contributed by atoms with Crippen LogP contribution in [-0.2, 0) is 0 Å². The summed E-state index contributed by atoms with van der Waals surface area (Å²) in [6.45, 7) is 5.71. The van der Waals surface area contributed by atoms with Gasteiger partial charge in [0.1, 0.15) is 33.8 Å². The van der Waals surface area contributed by atoms with Crippen LogP contribution in [-0.4, -0.2) is 46.1 Å². The van der Waals surface area contributed by atoms with Gasteiger partial charge < -0.3 is 9.80 Å². The smallest absolute Gasteiger partial charge is 0.140 e. The third-order valence-corrected chi connectivity index (χ3v) is 6.13. The third-order valence-electron chi connectivity index (χ3n) is 4.98. The molecule has 0 unspecified atom stereocenters. The maximum atomic E-state index is 6.23. The van der Waals surface area contributed by atoms with Crippen molar-refractivity contribution in [3.8, 4) is 0 Å². The first-order valence-electron chi connectivity index (χ1n) is 8.93. The molecule has 3 aromatic heterocycles. The van der Waals surface area contributed by atoms with Gasteiger partial charge in [0.05, 0.1) is 5.39 Å². The summed E-state index contributed by atoms with van der Waals surface area (Å²) < 4.78 is 0. The summed E-state index contributed by atoms with van der Waals surface area (Å²) in [4.78, 5) is 25.1. The lowest BCUT2D eigenvalue weighted by atomic mass is 10.2. The Kier molecular flexibility index (Phi) is 3.94. The molecule has 0 atom stereocenters. The van der Waals surface area contributed by atoms with E-state index in [4.69, 9.17) is 16.6 Å². The van der Waals surface area contributed by atoms with E-state index in [9.17, 15) is 0 Å². The standard InChI is InChI=1S/C18H19ClN6S/c1-11-8-13-17(20-10-21-18(13)26-11)25-6-4-24(5-7-25)15-9-14(19)22-16(23-15)12-2-3-12/h8-10,12H,2-7H2,1H3. The molecule has 1 aliphatic carbocycles. The first-order valence-corrected chi connectivity index (χ1v) is 10.1. The lowest BCUT2D eigenvalue weighted by molar-refractivity contribution is 0.640. The number of nitrogens with zero attached hydrogens (tertiary/aromatic N) is 6. The summed E-state index contributed by atoms with van der Waals surface area (Å²) in [5, 5.41) is 1.70. The molecule has 26 heavy (non-hydrogen) atoms. The van der Waals surface area contributed by atoms with Crippen molar-refractivity contribution in [3.05, 3.63) is 34.3 Å². The van der Waals surface area contributed by atoms with Crippen LogP contribution in [0.1, 0.15) is 29.5 Å². The summed E-state index contributed by atoms with van der Waals surface area (Å²) in [5.74, 6) is 3.40. The number of aryl methyl sites for hydroxylation is 1. The zero-order chi connectivity index (χ0) is 17.7. The van der Waals surface area contributed by atoms with Crippen LogP contribution in [0.15, 0.2) is 18.5 Å². The van der Waals surface area contributed by atoms with Gasteiger partial charge in [0, 0.05) is 43.0 Å². The first-order chi connectivity index (χ1) is 12.7. The number of rotatable bonds is 3. The molecule has 0 radical (unpaired) electrons. The van der Waals surface area contributed by atoms with Crippen molar-refractivity contribution in [2.24, 2.45) is 0 Å². The molecule has 0 spiro atoms. The quantitative estimate of drug-likeness (QED) is 0.640. The fourth-order valence-corrected chi connectivity index (χ4v) is 4.50. The van der Waals surface area contributed by atoms with Crippen LogP contribution in [0.4, 0.5) is 11.6 Å². The number of hydrogen-bond acceptors (Lipinski definition) is 7. The molecule has 5 rings (SSSR count). The van der Waals surface area contributed by atoms with E-state index in [0.717, 1.165) is 53.9 Å². The molecule has 0 aromatic carbocycles. The highest BCUT2D eigenvalue weighted by Crippen LogP contribution is 2.39. The van der Waals surface area contributed by atoms with Gasteiger partial charge in [-0.05, 0) is 25.8 Å². The zero-order valence-corrected chi connectivity index (χ0v) is 16.1. The second-order valence-electron chi connectivity index (χ2n) is 6.93. The number of anilines is 2. The topological polar surface area (TPSA) is 58.0 Å². The number of hydrogen-bond donors (Lipinski definition) is 0. The van der Waals surface area contributed by atoms with Crippen molar-refractivity contribution < 1.29 is 0 Å². The predicted molar refractivity (Wildman–Crippen MR) is 106 cm³/mol. The Morgan fingerprint density at radius 2 is 1.81 bits per heavy atom. The second kappa shape index (κ2) is 6.32. The van der Waals surface area contributed by atoms with Gasteiger partial charge in [-0.3, -0.25) is 0 Å². The van der Waals surface area contributed by atoms with Gasteiger partial charge in [0.25, 0.3) is 0 Å². The van der Waals surface area contributed by atoms with Crippen LogP contribution in [0, 0.1) is 6.92 Å². The number of thiophene rings is 1. The van der Waals surface area contributed by atoms with E-state index >= 15 is 0 Å². The molecule has 1 aliphatic heterocycles. The minimum Gasteiger partial charge on any atom is -0.353 e. The SMILES string of the molecule is Cc1cc2c(N3CCN(c4cc(Cl)nc(C5CC5)n4)CC3)ncnc2s1. The van der Waals surface area contributed by atoms with Crippen molar-refractivity contribution in [1.29, 1.82) is 0 Å². The minimum absolute atomic E-state index is 0.505. The van der Waals surface area contributed by atoms with Crippen molar-refractivity contribution in [1.82, 2.24) is 19.9 Å². The van der Waals surface area contributed by atoms with Gasteiger partial charge in [-0.1, -0.05) is 11.6 Å². The van der Waals surface area contributed by atoms with Crippen LogP contribution in [0.5, 0.6) is 0 Å². The summed E-state index contributed by atoms with van der Waals surface area (Å²) >= 11 is 7.95. The molecule has 1 saturated heterocycles. The van der Waals surface area contributed by atoms with Gasteiger partial charge in [-0.25, -0.2) is 19.9 Å². The summed E-state index contributed by atoms with van der Waals surface area (Å²) in [6, 6.07) is 4.07. The Bertz CT molecular complexity index is 961. The Morgan fingerprint density at radius 3 is 2.58 bits per heavy atom. The van der Waals surface area contributed by atoms with Gasteiger partial charge in [0.15, 0.2) is 0 Å².